The van der Waals surface area contributed by atoms with Crippen LogP contribution in [0.2, 0.25) is 5.02 Å². The highest BCUT2D eigenvalue weighted by Crippen LogP contribution is 2.32. The van der Waals surface area contributed by atoms with Crippen LogP contribution in [0.5, 0.6) is 0 Å². The molecular weight excluding hydrogens is 298 g/mol. The van der Waals surface area contributed by atoms with Crippen LogP contribution < -0.4 is 5.56 Å². The summed E-state index contributed by atoms with van der Waals surface area (Å²) in [6.07, 6.45) is 3.29. The zero-order valence-corrected chi connectivity index (χ0v) is 13.0. The van der Waals surface area contributed by atoms with Gasteiger partial charge in [0.25, 0.3) is 5.56 Å². The van der Waals surface area contributed by atoms with Crippen LogP contribution in [0.25, 0.3) is 16.9 Å². The van der Waals surface area contributed by atoms with Gasteiger partial charge in [-0.05, 0) is 49.8 Å². The van der Waals surface area contributed by atoms with Crippen molar-refractivity contribution in [3.05, 3.63) is 57.0 Å². The van der Waals surface area contributed by atoms with Crippen molar-refractivity contribution >= 4 is 17.2 Å². The van der Waals surface area contributed by atoms with Crippen LogP contribution >= 0.6 is 11.6 Å². The average molecular weight is 314 g/mol. The SMILES string of the molecule is Cc1nc2cc(-c3ccc(Cl)cc3)[nH]n2c(=O)c1CC1CC1. The van der Waals surface area contributed by atoms with Crippen LogP contribution in [-0.4, -0.2) is 14.6 Å². The lowest BCUT2D eigenvalue weighted by Crippen LogP contribution is -2.22. The van der Waals surface area contributed by atoms with Gasteiger partial charge in [-0.1, -0.05) is 23.7 Å². The molecule has 0 saturated heterocycles. The monoisotopic (exact) mass is 313 g/mol. The predicted octanol–water partition coefficient (Wildman–Crippen LogP) is 3.60. The molecule has 1 fully saturated rings. The van der Waals surface area contributed by atoms with E-state index >= 15 is 0 Å². The van der Waals surface area contributed by atoms with E-state index in [0.717, 1.165) is 28.9 Å². The molecule has 112 valence electrons. The fourth-order valence-electron chi connectivity index (χ4n) is 2.79. The summed E-state index contributed by atoms with van der Waals surface area (Å²) in [7, 11) is 0. The van der Waals surface area contributed by atoms with Crippen molar-refractivity contribution in [2.75, 3.05) is 0 Å². The van der Waals surface area contributed by atoms with Crippen LogP contribution in [0.1, 0.15) is 24.1 Å². The summed E-state index contributed by atoms with van der Waals surface area (Å²) >= 11 is 5.92. The second-order valence-corrected chi connectivity index (χ2v) is 6.44. The molecule has 1 N–H and O–H groups in total. The Morgan fingerprint density at radius 3 is 2.73 bits per heavy atom. The molecule has 2 heterocycles. The number of H-pyrrole nitrogens is 1. The molecule has 22 heavy (non-hydrogen) atoms. The first-order valence-corrected chi connectivity index (χ1v) is 7.87. The number of aryl methyl sites for hydroxylation is 1. The number of fused-ring (bicyclic) bond motifs is 1. The maximum absolute atomic E-state index is 12.7. The second kappa shape index (κ2) is 4.99. The maximum Gasteiger partial charge on any atom is 0.276 e. The number of benzene rings is 1. The summed E-state index contributed by atoms with van der Waals surface area (Å²) in [5.74, 6) is 0.664. The molecule has 1 saturated carbocycles. The van der Waals surface area contributed by atoms with Gasteiger partial charge in [0.15, 0.2) is 5.65 Å². The fraction of sp³-hybridized carbons (Fsp3) is 0.294. The largest absolute Gasteiger partial charge is 0.289 e. The molecule has 1 aliphatic rings. The van der Waals surface area contributed by atoms with Crippen LogP contribution in [0.3, 0.4) is 0 Å². The minimum absolute atomic E-state index is 0.0228. The Hall–Kier alpha value is -2.07. The number of hydrogen-bond acceptors (Lipinski definition) is 2. The lowest BCUT2D eigenvalue weighted by atomic mass is 10.1. The van der Waals surface area contributed by atoms with Gasteiger partial charge in [-0.15, -0.1) is 0 Å². The van der Waals surface area contributed by atoms with E-state index < -0.39 is 0 Å². The highest BCUT2D eigenvalue weighted by atomic mass is 35.5. The zero-order valence-electron chi connectivity index (χ0n) is 12.3. The van der Waals surface area contributed by atoms with E-state index in [0.29, 0.717) is 16.6 Å². The first-order chi connectivity index (χ1) is 10.6. The highest BCUT2D eigenvalue weighted by Gasteiger charge is 2.25. The number of nitrogens with zero attached hydrogens (tertiary/aromatic N) is 2. The molecule has 1 aliphatic carbocycles. The number of aromatic nitrogens is 3. The smallest absolute Gasteiger partial charge is 0.276 e. The normalized spacial score (nSPS) is 14.6. The van der Waals surface area contributed by atoms with E-state index in [1.165, 1.54) is 12.8 Å². The van der Waals surface area contributed by atoms with Crippen LogP contribution in [0, 0.1) is 12.8 Å². The van der Waals surface area contributed by atoms with E-state index in [2.05, 4.69) is 10.1 Å². The fourth-order valence-corrected chi connectivity index (χ4v) is 2.92. The van der Waals surface area contributed by atoms with Crippen molar-refractivity contribution in [2.24, 2.45) is 5.92 Å². The van der Waals surface area contributed by atoms with Crippen molar-refractivity contribution in [3.63, 3.8) is 0 Å². The summed E-state index contributed by atoms with van der Waals surface area (Å²) < 4.78 is 1.55. The number of aromatic amines is 1. The second-order valence-electron chi connectivity index (χ2n) is 6.00. The Labute approximate surface area is 132 Å². The summed E-state index contributed by atoms with van der Waals surface area (Å²) in [5.41, 5.74) is 4.21. The molecule has 1 aromatic carbocycles. The summed E-state index contributed by atoms with van der Waals surface area (Å²) in [5, 5.41) is 3.85. The van der Waals surface area contributed by atoms with Crippen LogP contribution in [0.4, 0.5) is 0 Å². The van der Waals surface area contributed by atoms with Gasteiger partial charge in [-0.2, -0.15) is 0 Å². The highest BCUT2D eigenvalue weighted by molar-refractivity contribution is 6.30. The topological polar surface area (TPSA) is 50.2 Å². The van der Waals surface area contributed by atoms with Gasteiger partial charge >= 0.3 is 0 Å². The average Bonchev–Trinajstić information content (AvgIpc) is 3.22. The molecule has 5 heteroatoms. The third kappa shape index (κ3) is 2.33. The Morgan fingerprint density at radius 1 is 1.32 bits per heavy atom. The standard InChI is InChI=1S/C17H16ClN3O/c1-10-14(8-11-2-3-11)17(22)21-16(19-10)9-15(20-21)12-4-6-13(18)7-5-12/h4-7,9,11,20H,2-3,8H2,1H3. The molecule has 4 rings (SSSR count). The van der Waals surface area contributed by atoms with Gasteiger partial charge in [-0.3, -0.25) is 9.89 Å². The Bertz CT molecular complexity index is 904. The lowest BCUT2D eigenvalue weighted by molar-refractivity contribution is 0.776. The van der Waals surface area contributed by atoms with E-state index in [4.69, 9.17) is 11.6 Å². The van der Waals surface area contributed by atoms with Crippen molar-refractivity contribution in [1.82, 2.24) is 14.6 Å². The summed E-state index contributed by atoms with van der Waals surface area (Å²) in [6, 6.07) is 9.43. The number of nitrogens with one attached hydrogen (secondary N) is 1. The molecule has 2 aromatic heterocycles. The van der Waals surface area contributed by atoms with Crippen molar-refractivity contribution < 1.29 is 0 Å². The van der Waals surface area contributed by atoms with Gasteiger partial charge in [-0.25, -0.2) is 9.50 Å². The lowest BCUT2D eigenvalue weighted by Gasteiger charge is -2.04. The quantitative estimate of drug-likeness (QED) is 0.803. The predicted molar refractivity (Wildman–Crippen MR) is 87.4 cm³/mol. The molecule has 4 nitrogen and oxygen atoms in total. The first kappa shape index (κ1) is 13.6. The van der Waals surface area contributed by atoms with Gasteiger partial charge in [0.1, 0.15) is 0 Å². The maximum atomic E-state index is 12.7. The molecule has 0 bridgehead atoms. The van der Waals surface area contributed by atoms with Gasteiger partial charge < -0.3 is 0 Å². The van der Waals surface area contributed by atoms with E-state index in [9.17, 15) is 4.79 Å². The number of halogens is 1. The van der Waals surface area contributed by atoms with E-state index in [1.54, 1.807) is 4.52 Å². The molecule has 3 aromatic rings. The third-order valence-corrected chi connectivity index (χ3v) is 4.51. The summed E-state index contributed by atoms with van der Waals surface area (Å²) in [4.78, 5) is 17.3. The van der Waals surface area contributed by atoms with Crippen LogP contribution in [-0.2, 0) is 6.42 Å². The molecule has 0 atom stereocenters. The number of rotatable bonds is 3. The minimum atomic E-state index is 0.0228. The van der Waals surface area contributed by atoms with Gasteiger partial charge in [0.05, 0.1) is 5.69 Å². The molecule has 0 unspecified atom stereocenters. The summed E-state index contributed by atoms with van der Waals surface area (Å²) in [6.45, 7) is 1.92. The van der Waals surface area contributed by atoms with E-state index in [1.807, 2.05) is 37.3 Å². The van der Waals surface area contributed by atoms with Gasteiger partial charge in [0.2, 0.25) is 0 Å². The van der Waals surface area contributed by atoms with Crippen molar-refractivity contribution in [3.8, 4) is 11.3 Å². The molecule has 0 spiro atoms. The Kier molecular flexibility index (Phi) is 3.08. The van der Waals surface area contributed by atoms with Crippen molar-refractivity contribution in [2.45, 2.75) is 26.2 Å². The molecule has 0 amide bonds. The minimum Gasteiger partial charge on any atom is -0.289 e. The first-order valence-electron chi connectivity index (χ1n) is 7.49. The molecule has 0 aliphatic heterocycles. The zero-order chi connectivity index (χ0) is 15.3. The Morgan fingerprint density at radius 2 is 2.05 bits per heavy atom. The third-order valence-electron chi connectivity index (χ3n) is 4.26. The molecule has 0 radical (unpaired) electrons. The van der Waals surface area contributed by atoms with Gasteiger partial charge in [0, 0.05) is 22.3 Å². The Balaban J connectivity index is 1.84. The van der Waals surface area contributed by atoms with Crippen molar-refractivity contribution in [1.29, 1.82) is 0 Å². The van der Waals surface area contributed by atoms with Crippen LogP contribution in [0.15, 0.2) is 35.1 Å². The molecular formula is C17H16ClN3O. The van der Waals surface area contributed by atoms with E-state index in [-0.39, 0.29) is 5.56 Å². The number of hydrogen-bond donors (Lipinski definition) is 1.